The molecule has 0 heterocycles. The highest BCUT2D eigenvalue weighted by atomic mass is 16.5. The van der Waals surface area contributed by atoms with Gasteiger partial charge in [-0.15, -0.1) is 0 Å². The molecular formula is C20H23NO4. The van der Waals surface area contributed by atoms with Crippen LogP contribution in [0.2, 0.25) is 0 Å². The molecule has 0 aliphatic carbocycles. The number of benzene rings is 2. The lowest BCUT2D eigenvalue weighted by Crippen LogP contribution is -2.09. The SMILES string of the molecule is CCOc1cc(/C=C/C(=O)Nc2cc(C)ccc2OC)ccc1OC. The largest absolute Gasteiger partial charge is 0.495 e. The fourth-order valence-electron chi connectivity index (χ4n) is 2.33. The highest BCUT2D eigenvalue weighted by Gasteiger charge is 2.07. The van der Waals surface area contributed by atoms with Gasteiger partial charge in [0.25, 0.3) is 0 Å². The van der Waals surface area contributed by atoms with E-state index in [9.17, 15) is 4.79 Å². The smallest absolute Gasteiger partial charge is 0.248 e. The average Bonchev–Trinajstić information content (AvgIpc) is 2.61. The molecule has 1 amide bonds. The molecule has 5 heteroatoms. The maximum atomic E-state index is 12.2. The summed E-state index contributed by atoms with van der Waals surface area (Å²) in [6, 6.07) is 11.1. The molecule has 0 bridgehead atoms. The van der Waals surface area contributed by atoms with Gasteiger partial charge in [-0.05, 0) is 55.3 Å². The van der Waals surface area contributed by atoms with Gasteiger partial charge in [-0.3, -0.25) is 4.79 Å². The predicted octanol–water partition coefficient (Wildman–Crippen LogP) is 4.06. The van der Waals surface area contributed by atoms with Crippen LogP contribution in [0.25, 0.3) is 6.08 Å². The molecule has 2 aromatic rings. The number of nitrogens with one attached hydrogen (secondary N) is 1. The van der Waals surface area contributed by atoms with Gasteiger partial charge in [0.15, 0.2) is 11.5 Å². The minimum atomic E-state index is -0.238. The van der Waals surface area contributed by atoms with Crippen molar-refractivity contribution in [1.82, 2.24) is 0 Å². The van der Waals surface area contributed by atoms with Crippen molar-refractivity contribution in [1.29, 1.82) is 0 Å². The Morgan fingerprint density at radius 1 is 1.04 bits per heavy atom. The lowest BCUT2D eigenvalue weighted by molar-refractivity contribution is -0.111. The van der Waals surface area contributed by atoms with Gasteiger partial charge in [-0.2, -0.15) is 0 Å². The van der Waals surface area contributed by atoms with Gasteiger partial charge in [0, 0.05) is 6.08 Å². The van der Waals surface area contributed by atoms with Crippen molar-refractivity contribution in [2.24, 2.45) is 0 Å². The van der Waals surface area contributed by atoms with Crippen LogP contribution in [-0.2, 0) is 4.79 Å². The first kappa shape index (κ1) is 18.4. The van der Waals surface area contributed by atoms with Gasteiger partial charge >= 0.3 is 0 Å². The molecule has 25 heavy (non-hydrogen) atoms. The minimum absolute atomic E-state index is 0.238. The third-order valence-corrected chi connectivity index (χ3v) is 3.53. The number of aryl methyl sites for hydroxylation is 1. The Morgan fingerprint density at radius 2 is 1.76 bits per heavy atom. The summed E-state index contributed by atoms with van der Waals surface area (Å²) in [6.45, 7) is 4.40. The molecule has 0 aliphatic rings. The lowest BCUT2D eigenvalue weighted by atomic mass is 10.1. The van der Waals surface area contributed by atoms with Crippen LogP contribution >= 0.6 is 0 Å². The average molecular weight is 341 g/mol. The van der Waals surface area contributed by atoms with Gasteiger partial charge in [-0.1, -0.05) is 12.1 Å². The van der Waals surface area contributed by atoms with Crippen LogP contribution in [0.15, 0.2) is 42.5 Å². The zero-order valence-corrected chi connectivity index (χ0v) is 15.0. The van der Waals surface area contributed by atoms with Gasteiger partial charge in [0.2, 0.25) is 5.91 Å². The Bertz CT molecular complexity index is 768. The number of methoxy groups -OCH3 is 2. The molecule has 0 aromatic heterocycles. The van der Waals surface area contributed by atoms with Gasteiger partial charge < -0.3 is 19.5 Å². The second kappa shape index (κ2) is 8.78. The van der Waals surface area contributed by atoms with Crippen LogP contribution in [0.1, 0.15) is 18.1 Å². The van der Waals surface area contributed by atoms with E-state index >= 15 is 0 Å². The van der Waals surface area contributed by atoms with Crippen LogP contribution in [-0.4, -0.2) is 26.7 Å². The van der Waals surface area contributed by atoms with Crippen LogP contribution < -0.4 is 19.5 Å². The zero-order valence-electron chi connectivity index (χ0n) is 15.0. The van der Waals surface area contributed by atoms with Crippen LogP contribution in [0.5, 0.6) is 17.2 Å². The van der Waals surface area contributed by atoms with Crippen molar-refractivity contribution in [2.75, 3.05) is 26.1 Å². The molecule has 5 nitrogen and oxygen atoms in total. The first-order chi connectivity index (χ1) is 12.1. The summed E-state index contributed by atoms with van der Waals surface area (Å²) in [4.78, 5) is 12.2. The van der Waals surface area contributed by atoms with E-state index in [0.717, 1.165) is 11.1 Å². The summed E-state index contributed by atoms with van der Waals surface area (Å²) in [5, 5.41) is 2.83. The molecule has 2 rings (SSSR count). The molecular weight excluding hydrogens is 318 g/mol. The Balaban J connectivity index is 2.12. The summed E-state index contributed by atoms with van der Waals surface area (Å²) >= 11 is 0. The van der Waals surface area contributed by atoms with E-state index in [0.29, 0.717) is 29.5 Å². The number of rotatable bonds is 7. The summed E-state index contributed by atoms with van der Waals surface area (Å²) in [5.74, 6) is 1.69. The molecule has 0 unspecified atom stereocenters. The summed E-state index contributed by atoms with van der Waals surface area (Å²) in [7, 11) is 3.17. The van der Waals surface area contributed by atoms with E-state index in [1.54, 1.807) is 20.3 Å². The number of hydrogen-bond donors (Lipinski definition) is 1. The van der Waals surface area contributed by atoms with Gasteiger partial charge in [0.05, 0.1) is 26.5 Å². The highest BCUT2D eigenvalue weighted by molar-refractivity contribution is 6.02. The van der Waals surface area contributed by atoms with Crippen molar-refractivity contribution < 1.29 is 19.0 Å². The van der Waals surface area contributed by atoms with Crippen molar-refractivity contribution in [3.63, 3.8) is 0 Å². The molecule has 0 radical (unpaired) electrons. The lowest BCUT2D eigenvalue weighted by Gasteiger charge is -2.10. The number of carbonyl (C=O) groups excluding carboxylic acids is 1. The topological polar surface area (TPSA) is 56.8 Å². The molecule has 2 aromatic carbocycles. The molecule has 0 saturated carbocycles. The molecule has 0 spiro atoms. The molecule has 132 valence electrons. The van der Waals surface area contributed by atoms with E-state index < -0.39 is 0 Å². The van der Waals surface area contributed by atoms with Gasteiger partial charge in [-0.25, -0.2) is 0 Å². The number of amides is 1. The van der Waals surface area contributed by atoms with E-state index in [-0.39, 0.29) is 5.91 Å². The Labute approximate surface area is 148 Å². The van der Waals surface area contributed by atoms with Crippen LogP contribution in [0, 0.1) is 6.92 Å². The first-order valence-electron chi connectivity index (χ1n) is 8.02. The molecule has 0 fully saturated rings. The maximum absolute atomic E-state index is 12.2. The molecule has 0 saturated heterocycles. The molecule has 1 N–H and O–H groups in total. The number of hydrogen-bond acceptors (Lipinski definition) is 4. The minimum Gasteiger partial charge on any atom is -0.495 e. The van der Waals surface area contributed by atoms with E-state index in [1.165, 1.54) is 6.08 Å². The number of anilines is 1. The van der Waals surface area contributed by atoms with Crippen LogP contribution in [0.3, 0.4) is 0 Å². The third kappa shape index (κ3) is 5.01. The number of ether oxygens (including phenoxy) is 3. The monoisotopic (exact) mass is 341 g/mol. The van der Waals surface area contributed by atoms with Gasteiger partial charge in [0.1, 0.15) is 5.75 Å². The molecule has 0 aliphatic heterocycles. The molecule has 0 atom stereocenters. The first-order valence-corrected chi connectivity index (χ1v) is 8.02. The van der Waals surface area contributed by atoms with Crippen molar-refractivity contribution >= 4 is 17.7 Å². The second-order valence-corrected chi connectivity index (χ2v) is 5.37. The fourth-order valence-corrected chi connectivity index (χ4v) is 2.33. The second-order valence-electron chi connectivity index (χ2n) is 5.37. The van der Waals surface area contributed by atoms with Crippen molar-refractivity contribution in [3.05, 3.63) is 53.6 Å². The Morgan fingerprint density at radius 3 is 2.44 bits per heavy atom. The van der Waals surface area contributed by atoms with E-state index in [1.807, 2.05) is 50.2 Å². The predicted molar refractivity (Wildman–Crippen MR) is 99.6 cm³/mol. The van der Waals surface area contributed by atoms with E-state index in [2.05, 4.69) is 5.32 Å². The fraction of sp³-hybridized carbons (Fsp3) is 0.250. The summed E-state index contributed by atoms with van der Waals surface area (Å²) < 4.78 is 16.1. The zero-order chi connectivity index (χ0) is 18.2. The summed E-state index contributed by atoms with van der Waals surface area (Å²) in [6.07, 6.45) is 3.19. The van der Waals surface area contributed by atoms with Crippen LogP contribution in [0.4, 0.5) is 5.69 Å². The highest BCUT2D eigenvalue weighted by Crippen LogP contribution is 2.29. The standard InChI is InChI=1S/C20H23NO4/c1-5-25-19-13-15(7-10-18(19)24-4)8-11-20(22)21-16-12-14(2)6-9-17(16)23-3/h6-13H,5H2,1-4H3,(H,21,22)/b11-8+. The Kier molecular flexibility index (Phi) is 6.46. The normalized spacial score (nSPS) is 10.6. The Hall–Kier alpha value is -2.95. The van der Waals surface area contributed by atoms with Crippen molar-refractivity contribution in [3.8, 4) is 17.2 Å². The van der Waals surface area contributed by atoms with Crippen molar-refractivity contribution in [2.45, 2.75) is 13.8 Å². The summed E-state index contributed by atoms with van der Waals surface area (Å²) in [5.41, 5.74) is 2.52. The number of carbonyl (C=O) groups is 1. The maximum Gasteiger partial charge on any atom is 0.248 e. The quantitative estimate of drug-likeness (QED) is 0.772. The third-order valence-electron chi connectivity index (χ3n) is 3.53. The van der Waals surface area contributed by atoms with E-state index in [4.69, 9.17) is 14.2 Å².